The topological polar surface area (TPSA) is 17.3 Å². The van der Waals surface area contributed by atoms with E-state index in [4.69, 9.17) is 4.98 Å². The Hall–Kier alpha value is -7.38. The van der Waals surface area contributed by atoms with Gasteiger partial charge in [-0.2, -0.15) is 0 Å². The van der Waals surface area contributed by atoms with Crippen LogP contribution in [-0.4, -0.2) is 9.38 Å². The van der Waals surface area contributed by atoms with E-state index in [0.29, 0.717) is 0 Å². The van der Waals surface area contributed by atoms with E-state index in [2.05, 4.69) is 217 Å². The first-order chi connectivity index (χ1) is 29.7. The van der Waals surface area contributed by atoms with Gasteiger partial charge in [-0.3, -0.25) is 4.40 Å². The Kier molecular flexibility index (Phi) is 7.31. The van der Waals surface area contributed by atoms with Crippen molar-refractivity contribution < 1.29 is 0 Å². The van der Waals surface area contributed by atoms with Crippen molar-refractivity contribution >= 4 is 116 Å². The highest BCUT2D eigenvalue weighted by Gasteiger charge is 2.27. The largest absolute Gasteiger partial charge is 0.291 e. The van der Waals surface area contributed by atoms with Crippen molar-refractivity contribution in [3.05, 3.63) is 212 Å². The molecule has 0 saturated heterocycles. The van der Waals surface area contributed by atoms with E-state index in [1.54, 1.807) is 0 Å². The highest BCUT2D eigenvalue weighted by atomic mass is 31.1. The summed E-state index contributed by atoms with van der Waals surface area (Å²) in [5, 5.41) is 20.5. The van der Waals surface area contributed by atoms with Gasteiger partial charge in [-0.25, -0.2) is 4.98 Å². The van der Waals surface area contributed by atoms with Crippen LogP contribution >= 0.6 is 7.92 Å². The average Bonchev–Trinajstić information content (AvgIpc) is 3.71. The van der Waals surface area contributed by atoms with Crippen molar-refractivity contribution in [1.29, 1.82) is 0 Å². The van der Waals surface area contributed by atoms with Crippen LogP contribution in [0.25, 0.3) is 103 Å². The van der Waals surface area contributed by atoms with Gasteiger partial charge in [0, 0.05) is 16.2 Å². The number of hydrogen-bond acceptors (Lipinski definition) is 1. The number of rotatable bonds is 4. The highest BCUT2D eigenvalue weighted by molar-refractivity contribution is 7.79. The summed E-state index contributed by atoms with van der Waals surface area (Å²) in [5.74, 6) is 0. The van der Waals surface area contributed by atoms with E-state index in [1.165, 1.54) is 103 Å². The molecule has 0 aliphatic rings. The average molecular weight is 780 g/mol. The van der Waals surface area contributed by atoms with Gasteiger partial charge in [-0.15, -0.1) is 0 Å². The second-order valence-electron chi connectivity index (χ2n) is 16.1. The first kappa shape index (κ1) is 33.6. The van der Waals surface area contributed by atoms with Crippen LogP contribution in [0.2, 0.25) is 0 Å². The van der Waals surface area contributed by atoms with Gasteiger partial charge in [0.15, 0.2) is 0 Å². The predicted octanol–water partition coefficient (Wildman–Crippen LogP) is 13.7. The zero-order valence-corrected chi connectivity index (χ0v) is 33.6. The second kappa shape index (κ2) is 13.1. The zero-order chi connectivity index (χ0) is 39.3. The zero-order valence-electron chi connectivity index (χ0n) is 32.6. The summed E-state index contributed by atoms with van der Waals surface area (Å²) in [4.78, 5) is 5.17. The third-order valence-electron chi connectivity index (χ3n) is 12.8. The minimum Gasteiger partial charge on any atom is -0.291 e. The lowest BCUT2D eigenvalue weighted by atomic mass is 9.95. The number of fused-ring (bicyclic) bond motifs is 15. The smallest absolute Gasteiger partial charge is 0.146 e. The number of hydrogen-bond donors (Lipinski definition) is 0. The fourth-order valence-corrected chi connectivity index (χ4v) is 12.5. The molecule has 0 bridgehead atoms. The number of benzene rings is 11. The summed E-state index contributed by atoms with van der Waals surface area (Å²) in [6.07, 6.45) is 0. The Morgan fingerprint density at radius 2 is 0.817 bits per heavy atom. The molecule has 2 nitrogen and oxygen atoms in total. The van der Waals surface area contributed by atoms with E-state index < -0.39 is 7.92 Å². The molecule has 13 aromatic rings. The van der Waals surface area contributed by atoms with E-state index in [-0.39, 0.29) is 0 Å². The lowest BCUT2D eigenvalue weighted by Gasteiger charge is -2.14. The predicted molar refractivity (Wildman–Crippen MR) is 261 cm³/mol. The second-order valence-corrected chi connectivity index (χ2v) is 18.6. The Bertz CT molecular complexity index is 3840. The molecular formula is C57H36N2P+. The number of aromatic nitrogens is 2. The molecular weight excluding hydrogens is 744 g/mol. The van der Waals surface area contributed by atoms with Crippen LogP contribution in [0.5, 0.6) is 0 Å². The summed E-state index contributed by atoms with van der Waals surface area (Å²) in [6.45, 7) is 0. The molecule has 2 heterocycles. The number of para-hydroxylation sites is 2. The SMILES string of the molecule is c1ccc2cc([PH+](c3ccc4ccccc4c3)c3ccc4c(ccc5cc(-c6ccc7ccc8c9ccccc9c9nc%10ccccc%10n9c8c7c6)ccc54)c3)ccc2c1. The fourth-order valence-electron chi connectivity index (χ4n) is 9.88. The van der Waals surface area contributed by atoms with Crippen LogP contribution in [0.1, 0.15) is 0 Å². The molecule has 60 heavy (non-hydrogen) atoms. The number of pyridine rings is 1. The third-order valence-corrected chi connectivity index (χ3v) is 15.4. The monoisotopic (exact) mass is 779 g/mol. The van der Waals surface area contributed by atoms with E-state index in [9.17, 15) is 0 Å². The molecule has 13 rings (SSSR count). The van der Waals surface area contributed by atoms with Gasteiger partial charge in [0.2, 0.25) is 0 Å². The number of imidazole rings is 1. The summed E-state index contributed by atoms with van der Waals surface area (Å²) < 4.78 is 2.38. The van der Waals surface area contributed by atoms with Gasteiger partial charge in [-0.05, 0) is 132 Å². The highest BCUT2D eigenvalue weighted by Crippen LogP contribution is 2.40. The molecule has 0 aliphatic heterocycles. The summed E-state index contributed by atoms with van der Waals surface area (Å²) >= 11 is 0. The lowest BCUT2D eigenvalue weighted by Crippen LogP contribution is -2.20. The minimum absolute atomic E-state index is 1.00. The van der Waals surface area contributed by atoms with Crippen LogP contribution in [-0.2, 0) is 0 Å². The summed E-state index contributed by atoms with van der Waals surface area (Å²) in [7, 11) is -1.32. The first-order valence-corrected chi connectivity index (χ1v) is 22.2. The van der Waals surface area contributed by atoms with Crippen LogP contribution in [0, 0.1) is 0 Å². The molecule has 278 valence electrons. The molecule has 2 aromatic heterocycles. The maximum atomic E-state index is 5.17. The van der Waals surface area contributed by atoms with Gasteiger partial charge in [0.1, 0.15) is 21.6 Å². The molecule has 0 amide bonds. The Labute approximate surface area is 347 Å². The number of nitrogens with zero attached hydrogens (tertiary/aromatic N) is 2. The molecule has 0 N–H and O–H groups in total. The lowest BCUT2D eigenvalue weighted by molar-refractivity contribution is 1.32. The molecule has 3 heteroatoms. The Morgan fingerprint density at radius 1 is 0.317 bits per heavy atom. The van der Waals surface area contributed by atoms with Crippen molar-refractivity contribution in [1.82, 2.24) is 9.38 Å². The molecule has 0 radical (unpaired) electrons. The van der Waals surface area contributed by atoms with Gasteiger partial charge >= 0.3 is 0 Å². The molecule has 0 atom stereocenters. The van der Waals surface area contributed by atoms with Gasteiger partial charge in [0.25, 0.3) is 0 Å². The maximum Gasteiger partial charge on any atom is 0.146 e. The van der Waals surface area contributed by atoms with Crippen LogP contribution < -0.4 is 15.9 Å². The minimum atomic E-state index is -1.32. The molecule has 0 aliphatic carbocycles. The quantitative estimate of drug-likeness (QED) is 0.128. The maximum absolute atomic E-state index is 5.17. The first-order valence-electron chi connectivity index (χ1n) is 20.7. The normalized spacial score (nSPS) is 12.2. The van der Waals surface area contributed by atoms with Crippen molar-refractivity contribution in [2.75, 3.05) is 0 Å². The Morgan fingerprint density at radius 3 is 1.57 bits per heavy atom. The van der Waals surface area contributed by atoms with E-state index in [1.807, 2.05) is 0 Å². The van der Waals surface area contributed by atoms with Crippen molar-refractivity contribution in [3.8, 4) is 11.1 Å². The van der Waals surface area contributed by atoms with Gasteiger partial charge in [-0.1, -0.05) is 146 Å². The third kappa shape index (κ3) is 5.15. The van der Waals surface area contributed by atoms with E-state index in [0.717, 1.165) is 16.7 Å². The summed E-state index contributed by atoms with van der Waals surface area (Å²) in [5.41, 5.74) is 6.76. The van der Waals surface area contributed by atoms with Crippen LogP contribution in [0.3, 0.4) is 0 Å². The fraction of sp³-hybridized carbons (Fsp3) is 0. The van der Waals surface area contributed by atoms with E-state index >= 15 is 0 Å². The molecule has 11 aromatic carbocycles. The van der Waals surface area contributed by atoms with Gasteiger partial charge in [0.05, 0.1) is 24.5 Å². The molecule has 0 spiro atoms. The molecule has 0 saturated carbocycles. The molecule has 0 unspecified atom stereocenters. The Balaban J connectivity index is 0.950. The standard InChI is InChI=1S/C57H35N2P/c1-3-11-39-32-45(25-21-36(39)9-1)60(46-26-22-37-10-2-4-12-40(37)33-46)47-27-30-49-44(34-47)20-19-43-31-41(24-28-48(43)49)42-18-17-38-23-29-51-50-13-5-6-14-52(50)57-58-54-15-7-8-16-55(54)59(57)56(51)53(38)35-42/h1-35H/p+1. The summed E-state index contributed by atoms with van der Waals surface area (Å²) in [6, 6.07) is 79.1. The van der Waals surface area contributed by atoms with Crippen molar-refractivity contribution in [2.45, 2.75) is 0 Å². The van der Waals surface area contributed by atoms with Gasteiger partial charge < -0.3 is 0 Å². The van der Waals surface area contributed by atoms with Crippen molar-refractivity contribution in [3.63, 3.8) is 0 Å². The molecule has 0 fully saturated rings. The van der Waals surface area contributed by atoms with Crippen LogP contribution in [0.4, 0.5) is 0 Å². The van der Waals surface area contributed by atoms with Crippen molar-refractivity contribution in [2.24, 2.45) is 0 Å². The van der Waals surface area contributed by atoms with Crippen LogP contribution in [0.15, 0.2) is 212 Å².